The van der Waals surface area contributed by atoms with Crippen LogP contribution in [0.3, 0.4) is 0 Å². The van der Waals surface area contributed by atoms with Crippen molar-refractivity contribution in [1.82, 2.24) is 4.90 Å². The van der Waals surface area contributed by atoms with Gasteiger partial charge in [0.15, 0.2) is 0 Å². The lowest BCUT2D eigenvalue weighted by Crippen LogP contribution is -2.53. The highest BCUT2D eigenvalue weighted by atomic mass is 16.5. The third-order valence-corrected chi connectivity index (χ3v) is 3.50. The summed E-state index contributed by atoms with van der Waals surface area (Å²) in [5.74, 6) is 0. The number of morpholine rings is 1. The predicted molar refractivity (Wildman–Crippen MR) is 65.2 cm³/mol. The standard InChI is InChI=1S/C13H20N2O/c1-13(11-14,12-5-3-2-4-6-12)15-7-9-16-10-8-15/h2-6H,7-11,14H2,1H3/t13-/m1/s1. The van der Waals surface area contributed by atoms with E-state index in [1.54, 1.807) is 0 Å². The molecule has 1 atom stereocenters. The Bertz CT molecular complexity index is 322. The number of hydrogen-bond donors (Lipinski definition) is 1. The first-order chi connectivity index (χ1) is 7.77. The van der Waals surface area contributed by atoms with Crippen LogP contribution in [0, 0.1) is 0 Å². The van der Waals surface area contributed by atoms with E-state index >= 15 is 0 Å². The first kappa shape index (κ1) is 11.6. The van der Waals surface area contributed by atoms with Crippen molar-refractivity contribution in [3.63, 3.8) is 0 Å². The Morgan fingerprint density at radius 3 is 2.44 bits per heavy atom. The number of nitrogens with zero attached hydrogens (tertiary/aromatic N) is 1. The molecule has 0 radical (unpaired) electrons. The highest BCUT2D eigenvalue weighted by Gasteiger charge is 2.33. The van der Waals surface area contributed by atoms with Gasteiger partial charge in [-0.1, -0.05) is 30.3 Å². The molecule has 0 bridgehead atoms. The normalized spacial score (nSPS) is 21.6. The van der Waals surface area contributed by atoms with Crippen LogP contribution >= 0.6 is 0 Å². The summed E-state index contributed by atoms with van der Waals surface area (Å²) >= 11 is 0. The van der Waals surface area contributed by atoms with Crippen LogP contribution in [0.4, 0.5) is 0 Å². The third kappa shape index (κ3) is 2.12. The number of rotatable bonds is 3. The molecule has 1 aliphatic rings. The van der Waals surface area contributed by atoms with Gasteiger partial charge in [0.05, 0.1) is 18.8 Å². The van der Waals surface area contributed by atoms with Gasteiger partial charge in [0.1, 0.15) is 0 Å². The summed E-state index contributed by atoms with van der Waals surface area (Å²) < 4.78 is 5.39. The monoisotopic (exact) mass is 220 g/mol. The van der Waals surface area contributed by atoms with Crippen molar-refractivity contribution in [2.24, 2.45) is 5.73 Å². The molecule has 1 aromatic carbocycles. The summed E-state index contributed by atoms with van der Waals surface area (Å²) in [5, 5.41) is 0. The van der Waals surface area contributed by atoms with Crippen molar-refractivity contribution in [2.45, 2.75) is 12.5 Å². The maximum atomic E-state index is 5.99. The van der Waals surface area contributed by atoms with E-state index < -0.39 is 0 Å². The minimum Gasteiger partial charge on any atom is -0.379 e. The first-order valence-electron chi connectivity index (χ1n) is 5.86. The lowest BCUT2D eigenvalue weighted by Gasteiger charge is -2.43. The Morgan fingerprint density at radius 1 is 1.25 bits per heavy atom. The van der Waals surface area contributed by atoms with E-state index in [1.165, 1.54) is 5.56 Å². The number of nitrogens with two attached hydrogens (primary N) is 1. The SMILES string of the molecule is C[C@@](CN)(c1ccccc1)N1CCOCC1. The van der Waals surface area contributed by atoms with E-state index in [2.05, 4.69) is 36.1 Å². The van der Waals surface area contributed by atoms with E-state index in [0.717, 1.165) is 26.3 Å². The largest absolute Gasteiger partial charge is 0.379 e. The Hall–Kier alpha value is -0.900. The molecule has 0 saturated carbocycles. The molecule has 0 aromatic heterocycles. The van der Waals surface area contributed by atoms with E-state index in [-0.39, 0.29) is 5.54 Å². The fourth-order valence-electron chi connectivity index (χ4n) is 2.28. The smallest absolute Gasteiger partial charge is 0.0594 e. The van der Waals surface area contributed by atoms with Crippen molar-refractivity contribution >= 4 is 0 Å². The fraction of sp³-hybridized carbons (Fsp3) is 0.538. The number of ether oxygens (including phenoxy) is 1. The van der Waals surface area contributed by atoms with Crippen LogP contribution in [0.1, 0.15) is 12.5 Å². The van der Waals surface area contributed by atoms with Gasteiger partial charge in [-0.15, -0.1) is 0 Å². The maximum Gasteiger partial charge on any atom is 0.0594 e. The molecular formula is C13H20N2O. The lowest BCUT2D eigenvalue weighted by atomic mass is 9.89. The van der Waals surface area contributed by atoms with Crippen LogP contribution in [0.5, 0.6) is 0 Å². The van der Waals surface area contributed by atoms with Gasteiger partial charge in [-0.25, -0.2) is 0 Å². The number of benzene rings is 1. The fourth-order valence-corrected chi connectivity index (χ4v) is 2.28. The topological polar surface area (TPSA) is 38.5 Å². The van der Waals surface area contributed by atoms with Crippen LogP contribution < -0.4 is 5.73 Å². The molecule has 1 aliphatic heterocycles. The maximum absolute atomic E-state index is 5.99. The van der Waals surface area contributed by atoms with Gasteiger partial charge in [-0.3, -0.25) is 4.90 Å². The highest BCUT2D eigenvalue weighted by Crippen LogP contribution is 2.27. The molecule has 88 valence electrons. The average molecular weight is 220 g/mol. The summed E-state index contributed by atoms with van der Waals surface area (Å²) in [6, 6.07) is 10.5. The Kier molecular flexibility index (Phi) is 3.59. The van der Waals surface area contributed by atoms with Gasteiger partial charge >= 0.3 is 0 Å². The Labute approximate surface area is 97.2 Å². The van der Waals surface area contributed by atoms with Gasteiger partial charge < -0.3 is 10.5 Å². The van der Waals surface area contributed by atoms with E-state index in [0.29, 0.717) is 6.54 Å². The predicted octanol–water partition coefficient (Wildman–Crippen LogP) is 1.19. The van der Waals surface area contributed by atoms with E-state index in [1.807, 2.05) is 6.07 Å². The van der Waals surface area contributed by atoms with Gasteiger partial charge in [-0.05, 0) is 12.5 Å². The van der Waals surface area contributed by atoms with Gasteiger partial charge in [-0.2, -0.15) is 0 Å². The molecular weight excluding hydrogens is 200 g/mol. The lowest BCUT2D eigenvalue weighted by molar-refractivity contribution is -0.0152. The number of hydrogen-bond acceptors (Lipinski definition) is 3. The van der Waals surface area contributed by atoms with Crippen LogP contribution in [0.15, 0.2) is 30.3 Å². The Balaban J connectivity index is 2.24. The van der Waals surface area contributed by atoms with Crippen LogP contribution in [-0.2, 0) is 10.3 Å². The molecule has 0 spiro atoms. The summed E-state index contributed by atoms with van der Waals surface area (Å²) in [5.41, 5.74) is 7.21. The summed E-state index contributed by atoms with van der Waals surface area (Å²) in [7, 11) is 0. The molecule has 1 heterocycles. The third-order valence-electron chi connectivity index (χ3n) is 3.50. The highest BCUT2D eigenvalue weighted by molar-refractivity contribution is 5.24. The summed E-state index contributed by atoms with van der Waals surface area (Å²) in [4.78, 5) is 2.42. The first-order valence-corrected chi connectivity index (χ1v) is 5.86. The molecule has 0 amide bonds. The summed E-state index contributed by atoms with van der Waals surface area (Å²) in [6.45, 7) is 6.39. The zero-order chi connectivity index (χ0) is 11.4. The molecule has 16 heavy (non-hydrogen) atoms. The van der Waals surface area contributed by atoms with Crippen LogP contribution in [0.2, 0.25) is 0 Å². The zero-order valence-corrected chi connectivity index (χ0v) is 9.86. The summed E-state index contributed by atoms with van der Waals surface area (Å²) in [6.07, 6.45) is 0. The molecule has 2 N–H and O–H groups in total. The van der Waals surface area contributed by atoms with Crippen molar-refractivity contribution in [3.8, 4) is 0 Å². The van der Waals surface area contributed by atoms with Gasteiger partial charge in [0, 0.05) is 19.6 Å². The molecule has 2 rings (SSSR count). The molecule has 1 fully saturated rings. The Morgan fingerprint density at radius 2 is 1.88 bits per heavy atom. The van der Waals surface area contributed by atoms with Gasteiger partial charge in [0.2, 0.25) is 0 Å². The van der Waals surface area contributed by atoms with Gasteiger partial charge in [0.25, 0.3) is 0 Å². The van der Waals surface area contributed by atoms with Crippen LogP contribution in [-0.4, -0.2) is 37.7 Å². The molecule has 1 aromatic rings. The second kappa shape index (κ2) is 4.95. The molecule has 3 heteroatoms. The minimum atomic E-state index is -0.0644. The van der Waals surface area contributed by atoms with E-state index in [9.17, 15) is 0 Å². The second-order valence-corrected chi connectivity index (χ2v) is 4.44. The van der Waals surface area contributed by atoms with Crippen LogP contribution in [0.25, 0.3) is 0 Å². The van der Waals surface area contributed by atoms with Crippen molar-refractivity contribution in [3.05, 3.63) is 35.9 Å². The second-order valence-electron chi connectivity index (χ2n) is 4.44. The van der Waals surface area contributed by atoms with E-state index in [4.69, 9.17) is 10.5 Å². The molecule has 3 nitrogen and oxygen atoms in total. The molecule has 0 aliphatic carbocycles. The molecule has 1 saturated heterocycles. The zero-order valence-electron chi connectivity index (χ0n) is 9.86. The van der Waals surface area contributed by atoms with Crippen molar-refractivity contribution in [2.75, 3.05) is 32.8 Å². The average Bonchev–Trinajstić information content (AvgIpc) is 2.40. The molecule has 0 unspecified atom stereocenters. The van der Waals surface area contributed by atoms with Crippen molar-refractivity contribution < 1.29 is 4.74 Å². The van der Waals surface area contributed by atoms with Crippen molar-refractivity contribution in [1.29, 1.82) is 0 Å². The minimum absolute atomic E-state index is 0.0644. The quantitative estimate of drug-likeness (QED) is 0.831.